The van der Waals surface area contributed by atoms with Gasteiger partial charge < -0.3 is 9.84 Å². The summed E-state index contributed by atoms with van der Waals surface area (Å²) in [4.78, 5) is 0.938. The molecule has 0 saturated heterocycles. The van der Waals surface area contributed by atoms with E-state index in [0.29, 0.717) is 5.56 Å². The lowest BCUT2D eigenvalue weighted by molar-refractivity contribution is 0.195. The summed E-state index contributed by atoms with van der Waals surface area (Å²) in [5, 5.41) is 9.53. The maximum Gasteiger partial charge on any atom is 0.123 e. The van der Waals surface area contributed by atoms with Crippen LogP contribution in [0.15, 0.2) is 23.1 Å². The summed E-state index contributed by atoms with van der Waals surface area (Å²) >= 11 is 1.62. The summed E-state index contributed by atoms with van der Waals surface area (Å²) in [5.41, 5.74) is 0.655. The minimum Gasteiger partial charge on any atom is -0.389 e. The molecule has 1 aromatic carbocycles. The number of benzene rings is 1. The maximum absolute atomic E-state index is 13.0. The number of aliphatic hydroxyl groups is 1. The van der Waals surface area contributed by atoms with Crippen molar-refractivity contribution in [2.75, 3.05) is 19.5 Å². The number of methoxy groups -OCH3 is 1. The molecule has 90 valence electrons. The van der Waals surface area contributed by atoms with E-state index < -0.39 is 6.10 Å². The van der Waals surface area contributed by atoms with Crippen molar-refractivity contribution >= 4 is 11.8 Å². The van der Waals surface area contributed by atoms with Gasteiger partial charge in [0.1, 0.15) is 5.82 Å². The van der Waals surface area contributed by atoms with Crippen LogP contribution in [-0.4, -0.2) is 24.6 Å². The predicted molar refractivity (Wildman–Crippen MR) is 64.3 cm³/mol. The van der Waals surface area contributed by atoms with E-state index in [9.17, 15) is 9.50 Å². The molecule has 0 fully saturated rings. The molecule has 0 aromatic heterocycles. The molecule has 1 atom stereocenters. The third kappa shape index (κ3) is 4.12. The quantitative estimate of drug-likeness (QED) is 0.616. The highest BCUT2D eigenvalue weighted by atomic mass is 32.2. The van der Waals surface area contributed by atoms with Gasteiger partial charge in [0.05, 0.1) is 6.10 Å². The number of ether oxygens (including phenoxy) is 1. The molecule has 0 heterocycles. The smallest absolute Gasteiger partial charge is 0.123 e. The molecule has 0 spiro atoms. The van der Waals surface area contributed by atoms with Crippen molar-refractivity contribution < 1.29 is 14.2 Å². The molecule has 0 aliphatic heterocycles. The Labute approximate surface area is 99.8 Å². The van der Waals surface area contributed by atoms with Crippen molar-refractivity contribution in [1.29, 1.82) is 0 Å². The minimum absolute atomic E-state index is 0.308. The number of aliphatic hydroxyl groups excluding tert-OH is 1. The highest BCUT2D eigenvalue weighted by molar-refractivity contribution is 7.99. The molecule has 1 aromatic rings. The van der Waals surface area contributed by atoms with Crippen LogP contribution in [0.2, 0.25) is 0 Å². The lowest BCUT2D eigenvalue weighted by atomic mass is 10.1. The van der Waals surface area contributed by atoms with Crippen LogP contribution in [0, 0.1) is 5.82 Å². The molecule has 1 N–H and O–H groups in total. The standard InChI is InChI=1S/C12H17FO2S/c1-9(14)11-8-10(13)4-5-12(11)16-7-3-6-15-2/h4-5,8-9,14H,3,6-7H2,1-2H3/t9-/m1/s1. The number of rotatable bonds is 6. The number of hydrogen-bond acceptors (Lipinski definition) is 3. The molecule has 0 saturated carbocycles. The fourth-order valence-electron chi connectivity index (χ4n) is 1.36. The van der Waals surface area contributed by atoms with Crippen molar-refractivity contribution in [3.8, 4) is 0 Å². The van der Waals surface area contributed by atoms with Crippen LogP contribution in [0.25, 0.3) is 0 Å². The van der Waals surface area contributed by atoms with Crippen LogP contribution in [-0.2, 0) is 4.74 Å². The first kappa shape index (κ1) is 13.5. The molecule has 0 radical (unpaired) electrons. The maximum atomic E-state index is 13.0. The second-order valence-corrected chi connectivity index (χ2v) is 4.69. The van der Waals surface area contributed by atoms with Gasteiger partial charge in [0.2, 0.25) is 0 Å². The third-order valence-corrected chi connectivity index (χ3v) is 3.35. The Bertz CT molecular complexity index is 329. The Morgan fingerprint density at radius 3 is 2.88 bits per heavy atom. The van der Waals surface area contributed by atoms with Gasteiger partial charge in [0.15, 0.2) is 0 Å². The zero-order chi connectivity index (χ0) is 12.0. The first-order chi connectivity index (χ1) is 7.65. The summed E-state index contributed by atoms with van der Waals surface area (Å²) in [5.74, 6) is 0.594. The lowest BCUT2D eigenvalue weighted by Crippen LogP contribution is -1.97. The topological polar surface area (TPSA) is 29.5 Å². The second kappa shape index (κ2) is 6.89. The molecule has 0 aliphatic rings. The van der Waals surface area contributed by atoms with Gasteiger partial charge >= 0.3 is 0 Å². The van der Waals surface area contributed by atoms with E-state index >= 15 is 0 Å². The Morgan fingerprint density at radius 1 is 1.50 bits per heavy atom. The van der Waals surface area contributed by atoms with E-state index in [-0.39, 0.29) is 5.82 Å². The van der Waals surface area contributed by atoms with Crippen molar-refractivity contribution in [3.05, 3.63) is 29.6 Å². The predicted octanol–water partition coefficient (Wildman–Crippen LogP) is 3.01. The summed E-state index contributed by atoms with van der Waals surface area (Å²) in [6, 6.07) is 4.53. The van der Waals surface area contributed by atoms with E-state index in [2.05, 4.69) is 0 Å². The first-order valence-corrected chi connectivity index (χ1v) is 6.23. The van der Waals surface area contributed by atoms with Gasteiger partial charge in [-0.3, -0.25) is 0 Å². The average molecular weight is 244 g/mol. The number of hydrogen-bond donors (Lipinski definition) is 1. The monoisotopic (exact) mass is 244 g/mol. The van der Waals surface area contributed by atoms with Crippen LogP contribution in [0.3, 0.4) is 0 Å². The number of thioether (sulfide) groups is 1. The van der Waals surface area contributed by atoms with Gasteiger partial charge in [-0.25, -0.2) is 4.39 Å². The number of halogens is 1. The highest BCUT2D eigenvalue weighted by Crippen LogP contribution is 2.28. The lowest BCUT2D eigenvalue weighted by Gasteiger charge is -2.11. The molecule has 0 unspecified atom stereocenters. The molecule has 0 amide bonds. The van der Waals surface area contributed by atoms with Crippen molar-refractivity contribution in [2.45, 2.75) is 24.3 Å². The van der Waals surface area contributed by atoms with Gasteiger partial charge in [-0.2, -0.15) is 0 Å². The zero-order valence-electron chi connectivity index (χ0n) is 9.57. The normalized spacial score (nSPS) is 12.8. The zero-order valence-corrected chi connectivity index (χ0v) is 10.4. The second-order valence-electron chi connectivity index (χ2n) is 3.55. The molecular formula is C12H17FO2S. The van der Waals surface area contributed by atoms with Crippen molar-refractivity contribution in [2.24, 2.45) is 0 Å². The van der Waals surface area contributed by atoms with Gasteiger partial charge in [-0.05, 0) is 37.1 Å². The molecule has 0 bridgehead atoms. The fourth-order valence-corrected chi connectivity index (χ4v) is 2.41. The summed E-state index contributed by atoms with van der Waals surface area (Å²) in [7, 11) is 1.67. The van der Waals surface area contributed by atoms with Gasteiger partial charge in [0, 0.05) is 24.4 Å². The van der Waals surface area contributed by atoms with E-state index in [0.717, 1.165) is 23.7 Å². The fraction of sp³-hybridized carbons (Fsp3) is 0.500. The Kier molecular flexibility index (Phi) is 5.80. The minimum atomic E-state index is -0.638. The van der Waals surface area contributed by atoms with Gasteiger partial charge in [-0.15, -0.1) is 11.8 Å². The van der Waals surface area contributed by atoms with Crippen LogP contribution < -0.4 is 0 Å². The highest BCUT2D eigenvalue weighted by Gasteiger charge is 2.09. The first-order valence-electron chi connectivity index (χ1n) is 5.24. The van der Waals surface area contributed by atoms with Crippen molar-refractivity contribution in [3.63, 3.8) is 0 Å². The molecule has 4 heteroatoms. The van der Waals surface area contributed by atoms with Crippen LogP contribution in [0.1, 0.15) is 25.0 Å². The molecule has 16 heavy (non-hydrogen) atoms. The van der Waals surface area contributed by atoms with E-state index in [1.54, 1.807) is 31.9 Å². The SMILES string of the molecule is COCCCSc1ccc(F)cc1[C@@H](C)O. The van der Waals surface area contributed by atoms with Crippen LogP contribution in [0.4, 0.5) is 4.39 Å². The van der Waals surface area contributed by atoms with Gasteiger partial charge in [0.25, 0.3) is 0 Å². The molecule has 2 nitrogen and oxygen atoms in total. The molecular weight excluding hydrogens is 227 g/mol. The van der Waals surface area contributed by atoms with E-state index in [4.69, 9.17) is 4.74 Å². The van der Waals surface area contributed by atoms with Crippen molar-refractivity contribution in [1.82, 2.24) is 0 Å². The molecule has 0 aliphatic carbocycles. The Hall–Kier alpha value is -0.580. The Morgan fingerprint density at radius 2 is 2.25 bits per heavy atom. The summed E-state index contributed by atoms with van der Waals surface area (Å²) in [6.45, 7) is 2.37. The van der Waals surface area contributed by atoms with Gasteiger partial charge in [-0.1, -0.05) is 0 Å². The molecule has 1 rings (SSSR count). The largest absolute Gasteiger partial charge is 0.389 e. The van der Waals surface area contributed by atoms with E-state index in [1.165, 1.54) is 12.1 Å². The van der Waals surface area contributed by atoms with E-state index in [1.807, 2.05) is 0 Å². The third-order valence-electron chi connectivity index (χ3n) is 2.17. The summed E-state index contributed by atoms with van der Waals surface area (Å²) < 4.78 is 18.0. The Balaban J connectivity index is 2.64. The van der Waals surface area contributed by atoms with Crippen LogP contribution in [0.5, 0.6) is 0 Å². The average Bonchev–Trinajstić information content (AvgIpc) is 2.26. The van der Waals surface area contributed by atoms with Crippen LogP contribution >= 0.6 is 11.8 Å². The summed E-state index contributed by atoms with van der Waals surface area (Å²) in [6.07, 6.45) is 0.304.